The molecule has 0 rings (SSSR count). The van der Waals surface area contributed by atoms with Crippen LogP contribution in [0.15, 0.2) is 108 Å². The van der Waals surface area contributed by atoms with Gasteiger partial charge in [-0.15, -0.1) is 0 Å². The molecule has 0 bridgehead atoms. The van der Waals surface area contributed by atoms with Crippen molar-refractivity contribution < 1.29 is 0 Å². The van der Waals surface area contributed by atoms with Crippen LogP contribution in [-0.2, 0) is 0 Å². The summed E-state index contributed by atoms with van der Waals surface area (Å²) < 4.78 is 0. The lowest BCUT2D eigenvalue weighted by Gasteiger charge is -2.33. The van der Waals surface area contributed by atoms with Crippen LogP contribution in [0.4, 0.5) is 0 Å². The predicted molar refractivity (Wildman–Crippen MR) is 158 cm³/mol. The molecule has 0 fully saturated rings. The normalized spacial score (nSPS) is 14.8. The van der Waals surface area contributed by atoms with Crippen molar-refractivity contribution in [1.29, 1.82) is 0 Å². The van der Waals surface area contributed by atoms with Gasteiger partial charge in [0.1, 0.15) is 0 Å². The molecule has 0 nitrogen and oxygen atoms in total. The lowest BCUT2D eigenvalue weighted by Crippen LogP contribution is -2.22. The fourth-order valence-electron chi connectivity index (χ4n) is 4.32. The SMILES string of the molecule is CC(C)(C)C(=CC=CC=CC=CC=CC=CC=CC=CC=C(C(C)(C)C)C(C)(C)C)C(C)(C)C. The van der Waals surface area contributed by atoms with Gasteiger partial charge in [0, 0.05) is 0 Å². The molecule has 0 aliphatic heterocycles. The number of hydrogen-bond donors (Lipinski definition) is 0. The van der Waals surface area contributed by atoms with E-state index in [9.17, 15) is 0 Å². The van der Waals surface area contributed by atoms with Crippen molar-refractivity contribution in [2.45, 2.75) is 83.1 Å². The molecule has 0 saturated heterocycles. The highest BCUT2D eigenvalue weighted by atomic mass is 14.3. The van der Waals surface area contributed by atoms with Gasteiger partial charge in [0.25, 0.3) is 0 Å². The van der Waals surface area contributed by atoms with E-state index in [0.717, 1.165) is 0 Å². The summed E-state index contributed by atoms with van der Waals surface area (Å²) in [6, 6.07) is 0. The van der Waals surface area contributed by atoms with E-state index in [2.05, 4.69) is 132 Å². The first-order valence-electron chi connectivity index (χ1n) is 12.6. The smallest absolute Gasteiger partial charge is 0.0165 e. The van der Waals surface area contributed by atoms with E-state index in [1.807, 2.05) is 48.6 Å². The van der Waals surface area contributed by atoms with E-state index in [0.29, 0.717) is 0 Å². The molecule has 0 heteroatoms. The van der Waals surface area contributed by atoms with Gasteiger partial charge in [-0.1, -0.05) is 191 Å². The molecule has 188 valence electrons. The summed E-state index contributed by atoms with van der Waals surface area (Å²) in [5.41, 5.74) is 3.61. The van der Waals surface area contributed by atoms with Gasteiger partial charge >= 0.3 is 0 Å². The molecule has 0 spiro atoms. The van der Waals surface area contributed by atoms with Crippen LogP contribution in [0.3, 0.4) is 0 Å². The second-order valence-electron chi connectivity index (χ2n) is 12.9. The van der Waals surface area contributed by atoms with Crippen molar-refractivity contribution in [2.24, 2.45) is 21.7 Å². The van der Waals surface area contributed by atoms with Gasteiger partial charge in [0.15, 0.2) is 0 Å². The van der Waals surface area contributed by atoms with E-state index < -0.39 is 0 Å². The maximum Gasteiger partial charge on any atom is -0.0165 e. The summed E-state index contributed by atoms with van der Waals surface area (Å²) >= 11 is 0. The van der Waals surface area contributed by atoms with Crippen molar-refractivity contribution in [2.75, 3.05) is 0 Å². The molecule has 0 unspecified atom stereocenters. The Morgan fingerprint density at radius 1 is 0.265 bits per heavy atom. The van der Waals surface area contributed by atoms with Crippen molar-refractivity contribution in [1.82, 2.24) is 0 Å². The summed E-state index contributed by atoms with van der Waals surface area (Å²) in [5, 5.41) is 0. The van der Waals surface area contributed by atoms with Crippen LogP contribution >= 0.6 is 0 Å². The summed E-state index contributed by atoms with van der Waals surface area (Å²) in [7, 11) is 0. The molecule has 0 aliphatic rings. The first-order chi connectivity index (χ1) is 15.5. The molecular formula is C34H52. The highest BCUT2D eigenvalue weighted by molar-refractivity contribution is 5.27. The number of allylic oxidation sites excluding steroid dienone is 18. The molecule has 0 aromatic carbocycles. The summed E-state index contributed by atoms with van der Waals surface area (Å²) in [6.07, 6.45) is 33.4. The second-order valence-corrected chi connectivity index (χ2v) is 12.9. The molecule has 0 aromatic heterocycles. The van der Waals surface area contributed by atoms with Crippen molar-refractivity contribution in [3.8, 4) is 0 Å². The van der Waals surface area contributed by atoms with Crippen molar-refractivity contribution >= 4 is 0 Å². The zero-order valence-electron chi connectivity index (χ0n) is 24.2. The Kier molecular flexibility index (Phi) is 13.2. The first-order valence-corrected chi connectivity index (χ1v) is 12.6. The molecule has 0 amide bonds. The van der Waals surface area contributed by atoms with Crippen LogP contribution in [0, 0.1) is 21.7 Å². The Morgan fingerprint density at radius 3 is 0.559 bits per heavy atom. The van der Waals surface area contributed by atoms with Gasteiger partial charge in [-0.3, -0.25) is 0 Å². The largest absolute Gasteiger partial charge is 0.0623 e. The van der Waals surface area contributed by atoms with Crippen LogP contribution in [0.25, 0.3) is 0 Å². The minimum Gasteiger partial charge on any atom is -0.0623 e. The van der Waals surface area contributed by atoms with E-state index in [1.165, 1.54) is 11.1 Å². The van der Waals surface area contributed by atoms with Crippen LogP contribution in [0.1, 0.15) is 83.1 Å². The van der Waals surface area contributed by atoms with Gasteiger partial charge in [0.05, 0.1) is 0 Å². The van der Waals surface area contributed by atoms with Crippen molar-refractivity contribution in [3.05, 3.63) is 108 Å². The first kappa shape index (κ1) is 31.7. The molecule has 0 saturated carbocycles. The van der Waals surface area contributed by atoms with Crippen molar-refractivity contribution in [3.63, 3.8) is 0 Å². The van der Waals surface area contributed by atoms with E-state index >= 15 is 0 Å². The Bertz CT molecular complexity index is 750. The van der Waals surface area contributed by atoms with Gasteiger partial charge in [-0.25, -0.2) is 0 Å². The third-order valence-electron chi connectivity index (χ3n) is 5.20. The summed E-state index contributed by atoms with van der Waals surface area (Å²) in [6.45, 7) is 27.3. The van der Waals surface area contributed by atoms with Crippen LogP contribution in [0.2, 0.25) is 0 Å². The standard InChI is InChI=1S/C34H52/c1-31(2,3)29(32(4,5)6)27-25-23-21-19-17-15-13-14-16-18-20-22-24-26-28-30(33(7,8)9)34(10,11)12/h13-28H,1-12H3. The van der Waals surface area contributed by atoms with Crippen LogP contribution < -0.4 is 0 Å². The predicted octanol–water partition coefficient (Wildman–Crippen LogP) is 10.9. The summed E-state index contributed by atoms with van der Waals surface area (Å²) in [5.74, 6) is 0. The fourth-order valence-corrected chi connectivity index (χ4v) is 4.32. The molecule has 0 aliphatic carbocycles. The van der Waals surface area contributed by atoms with Crippen LogP contribution in [0.5, 0.6) is 0 Å². The minimum atomic E-state index is 0.176. The lowest BCUT2D eigenvalue weighted by atomic mass is 9.72. The van der Waals surface area contributed by atoms with E-state index in [1.54, 1.807) is 0 Å². The number of hydrogen-bond acceptors (Lipinski definition) is 0. The van der Waals surface area contributed by atoms with Gasteiger partial charge in [-0.05, 0) is 21.7 Å². The van der Waals surface area contributed by atoms with Crippen LogP contribution in [-0.4, -0.2) is 0 Å². The molecular weight excluding hydrogens is 408 g/mol. The molecule has 34 heavy (non-hydrogen) atoms. The number of rotatable bonds is 8. The lowest BCUT2D eigenvalue weighted by molar-refractivity contribution is 0.362. The zero-order valence-corrected chi connectivity index (χ0v) is 24.2. The maximum atomic E-state index is 2.28. The molecule has 0 atom stereocenters. The monoisotopic (exact) mass is 460 g/mol. The summed E-state index contributed by atoms with van der Waals surface area (Å²) in [4.78, 5) is 0. The average Bonchev–Trinajstić information content (AvgIpc) is 2.62. The quantitative estimate of drug-likeness (QED) is 0.316. The highest BCUT2D eigenvalue weighted by Crippen LogP contribution is 2.39. The Morgan fingerprint density at radius 2 is 0.412 bits per heavy atom. The maximum absolute atomic E-state index is 2.28. The topological polar surface area (TPSA) is 0 Å². The van der Waals surface area contributed by atoms with Gasteiger partial charge in [-0.2, -0.15) is 0 Å². The average molecular weight is 461 g/mol. The molecule has 0 aromatic rings. The fraction of sp³-hybridized carbons (Fsp3) is 0.471. The molecule has 0 N–H and O–H groups in total. The second kappa shape index (κ2) is 14.1. The van der Waals surface area contributed by atoms with E-state index in [-0.39, 0.29) is 21.7 Å². The zero-order chi connectivity index (χ0) is 26.5. The third-order valence-corrected chi connectivity index (χ3v) is 5.20. The third kappa shape index (κ3) is 14.7. The Balaban J connectivity index is 4.66. The van der Waals surface area contributed by atoms with Gasteiger partial charge in [0.2, 0.25) is 0 Å². The molecule has 0 radical (unpaired) electrons. The Hall–Kier alpha value is -2.34. The Labute approximate surface area is 213 Å². The highest BCUT2D eigenvalue weighted by Gasteiger charge is 2.27. The van der Waals surface area contributed by atoms with E-state index in [4.69, 9.17) is 0 Å². The molecule has 0 heterocycles. The van der Waals surface area contributed by atoms with Gasteiger partial charge < -0.3 is 0 Å². The minimum absolute atomic E-state index is 0.176.